The van der Waals surface area contributed by atoms with E-state index in [1.807, 2.05) is 10.6 Å². The van der Waals surface area contributed by atoms with Gasteiger partial charge in [0, 0.05) is 6.54 Å². The first kappa shape index (κ1) is 77.2. The molecule has 14 atom stereocenters. The number of hydrogen-bond acceptors (Lipinski definition) is 19. The predicted molar refractivity (Wildman–Crippen MR) is 329 cm³/mol. The minimum atomic E-state index is -2.57. The zero-order chi connectivity index (χ0) is 68.6. The van der Waals surface area contributed by atoms with Crippen LogP contribution in [0, 0.1) is 23.7 Å². The van der Waals surface area contributed by atoms with Crippen molar-refractivity contribution in [3.63, 3.8) is 0 Å². The van der Waals surface area contributed by atoms with E-state index >= 15 is 4.79 Å². The average Bonchev–Trinajstić information content (AvgIpc) is 2.33. The highest BCUT2D eigenvalue weighted by Crippen LogP contribution is 2.28. The molecule has 0 radical (unpaired) electrons. The second-order valence-electron chi connectivity index (χ2n) is 24.5. The number of aliphatic hydroxyl groups excluding tert-OH is 4. The molecule has 2 unspecified atom stereocenters. The predicted octanol–water partition coefficient (Wildman–Crippen LogP) is -5.15. The number of benzene rings is 1. The van der Waals surface area contributed by atoms with Gasteiger partial charge in [-0.2, -0.15) is 0 Å². The van der Waals surface area contributed by atoms with Crippen molar-refractivity contribution in [2.75, 3.05) is 19.7 Å². The number of nitrogens with zero attached hydrogens (tertiary/aromatic N) is 1. The van der Waals surface area contributed by atoms with Crippen molar-refractivity contribution < 1.29 is 82.7 Å². The van der Waals surface area contributed by atoms with Crippen LogP contribution in [0.1, 0.15) is 138 Å². The summed E-state index contributed by atoms with van der Waals surface area (Å²) >= 11 is 0. The Morgan fingerprint density at radius 2 is 1.24 bits per heavy atom. The molecule has 0 bridgehead atoms. The second kappa shape index (κ2) is 36.7. The topological polar surface area (TPSA) is 532 Å². The Balaban J connectivity index is 2.41. The number of aliphatic hydroxyl groups is 4. The average molecular weight is 1290 g/mol. The molecule has 2 fully saturated rings. The van der Waals surface area contributed by atoms with Gasteiger partial charge in [0.2, 0.25) is 65.0 Å². The molecule has 1 aliphatic heterocycles. The number of rotatable bonds is 21. The van der Waals surface area contributed by atoms with Gasteiger partial charge in [0.05, 0.1) is 30.9 Å². The molecule has 91 heavy (non-hydrogen) atoms. The van der Waals surface area contributed by atoms with Crippen LogP contribution in [-0.2, 0) is 62.3 Å². The summed E-state index contributed by atoms with van der Waals surface area (Å²) in [6, 6.07) is -9.55. The Hall–Kier alpha value is -8.07. The number of aliphatic imine (C=N–C) groups is 1. The molecule has 2 aliphatic rings. The summed E-state index contributed by atoms with van der Waals surface area (Å²) in [6.45, 7) is 11.8. The minimum Gasteiger partial charge on any atom is -0.453 e. The quantitative estimate of drug-likeness (QED) is 0.0237. The highest BCUT2D eigenvalue weighted by atomic mass is 16.5. The first-order valence-electron chi connectivity index (χ1n) is 30.7. The molecule has 11 amide bonds. The molecule has 1 saturated heterocycles. The number of nitrogens with two attached hydrogens (primary N) is 4. The summed E-state index contributed by atoms with van der Waals surface area (Å²) in [5.74, 6) is -17.0. The number of hydrogen-bond donors (Lipinski definition) is 18. The third kappa shape index (κ3) is 23.9. The van der Waals surface area contributed by atoms with Crippen molar-refractivity contribution in [1.82, 2.24) is 53.2 Å². The molecule has 510 valence electrons. The molecule has 1 heterocycles. The standard InChI is InChI=1S/C59H97N15O17/c1-10-31(8)39-52(85)72-40(32(9)76)51(84)65-26-38(77)70-42(45(79)47(60)80)54(87)68-37(27-75)56(89)91-46(33-18-13-11-14-19-33)43(74-50(83)36(25-29(4)5)69-57(90)59(63)21-15-12-16-22-59)55(88)73-41(44(78)30(6)7)53(86)67-35(24-28(2)3)49(82)66-34(48(81)71-39)20-17-23-64-58(61)62/h11,13-14,18-19,28-32,34-37,39-46,75-76,78-79H,10,12,15-17,20-27,63H2,1-9H3,(H2,60,80)(H,65,84)(H,66,82)(H,67,86)(H,68,87)(H,69,90)(H,70,77)(H,71,81)(H,72,85)(H,73,88)(H,74,83)(H4,61,62,64)/t31-,32-,34+,35-,36-,37-,39?,40?,41-,42-,43-,44+,45-,46+/m0/s1. The number of guanidine groups is 1. The molecule has 32 nitrogen and oxygen atoms in total. The van der Waals surface area contributed by atoms with Crippen molar-refractivity contribution in [3.05, 3.63) is 35.9 Å². The SMILES string of the molecule is CC[C@H](C)C1NC(=O)[C@@H](CCCN=C(N)N)NC(=O)[C@H](CC(C)C)NC(=O)[C@H]([C@H](O)C(C)C)NC(=O)[C@@H](NC(=O)[C@H](CC(C)C)NC(=O)C2(N)CCCCC2)[C@@H](c2ccccc2)OC(=O)[C@H](CO)NC(=O)[C@H]([C@H](O)C(N)=O)NC(=O)CNC(=O)C([C@H](C)O)NC1=O. The third-order valence-electron chi connectivity index (χ3n) is 15.6. The van der Waals surface area contributed by atoms with E-state index in [2.05, 4.69) is 47.5 Å². The Morgan fingerprint density at radius 1 is 0.681 bits per heavy atom. The van der Waals surface area contributed by atoms with Crippen LogP contribution in [-0.4, -0.2) is 195 Å². The van der Waals surface area contributed by atoms with Crippen LogP contribution in [0.25, 0.3) is 0 Å². The van der Waals surface area contributed by atoms with Crippen molar-refractivity contribution >= 4 is 76.9 Å². The lowest BCUT2D eigenvalue weighted by molar-refractivity contribution is -0.159. The van der Waals surface area contributed by atoms with Crippen molar-refractivity contribution in [3.8, 4) is 0 Å². The number of cyclic esters (lactones) is 1. The number of ether oxygens (including phenoxy) is 1. The van der Waals surface area contributed by atoms with E-state index < -0.39 is 180 Å². The van der Waals surface area contributed by atoms with Crippen LogP contribution in [0.15, 0.2) is 35.3 Å². The van der Waals surface area contributed by atoms with Crippen molar-refractivity contribution in [2.45, 2.75) is 211 Å². The molecule has 3 rings (SSSR count). The number of carbonyl (C=O) groups excluding carboxylic acids is 12. The fourth-order valence-corrected chi connectivity index (χ4v) is 10.1. The molecule has 0 spiro atoms. The number of amides is 11. The fraction of sp³-hybridized carbons (Fsp3) is 0.678. The maximum atomic E-state index is 15.4. The Kier molecular flexibility index (Phi) is 31.1. The molecule has 32 heteroatoms. The van der Waals surface area contributed by atoms with Crippen LogP contribution < -0.4 is 76.1 Å². The normalized spacial score (nSPS) is 25.7. The van der Waals surface area contributed by atoms with Gasteiger partial charge in [-0.25, -0.2) is 4.79 Å². The highest BCUT2D eigenvalue weighted by Gasteiger charge is 2.45. The van der Waals surface area contributed by atoms with Gasteiger partial charge in [0.1, 0.15) is 48.3 Å². The summed E-state index contributed by atoms with van der Waals surface area (Å²) in [5, 5.41) is 68.3. The van der Waals surface area contributed by atoms with Gasteiger partial charge in [-0.1, -0.05) is 111 Å². The first-order valence-corrected chi connectivity index (χ1v) is 30.7. The Bertz CT molecular complexity index is 2710. The van der Waals surface area contributed by atoms with E-state index in [0.717, 1.165) is 13.3 Å². The number of esters is 1. The highest BCUT2D eigenvalue weighted by molar-refractivity contribution is 6.00. The molecule has 1 saturated carbocycles. The van der Waals surface area contributed by atoms with E-state index in [-0.39, 0.29) is 62.0 Å². The Labute approximate surface area is 529 Å². The summed E-state index contributed by atoms with van der Waals surface area (Å²) in [6.07, 6.45) is -5.55. The zero-order valence-corrected chi connectivity index (χ0v) is 53.2. The molecular weight excluding hydrogens is 1190 g/mol. The van der Waals surface area contributed by atoms with Crippen molar-refractivity contribution in [2.24, 2.45) is 51.6 Å². The van der Waals surface area contributed by atoms with Gasteiger partial charge in [-0.05, 0) is 74.7 Å². The molecule has 1 aromatic rings. The van der Waals surface area contributed by atoms with E-state index in [1.165, 1.54) is 44.2 Å². The summed E-state index contributed by atoms with van der Waals surface area (Å²) in [4.78, 5) is 175. The number of primary amides is 1. The fourth-order valence-electron chi connectivity index (χ4n) is 10.1. The van der Waals surface area contributed by atoms with Crippen LogP contribution in [0.5, 0.6) is 0 Å². The van der Waals surface area contributed by atoms with Gasteiger partial charge in [0.15, 0.2) is 24.2 Å². The maximum Gasteiger partial charge on any atom is 0.331 e. The summed E-state index contributed by atoms with van der Waals surface area (Å²) in [5.41, 5.74) is 21.6. The van der Waals surface area contributed by atoms with E-state index in [9.17, 15) is 73.2 Å². The monoisotopic (exact) mass is 1290 g/mol. The second-order valence-corrected chi connectivity index (χ2v) is 24.5. The van der Waals surface area contributed by atoms with Gasteiger partial charge in [-0.15, -0.1) is 0 Å². The van der Waals surface area contributed by atoms with Gasteiger partial charge < -0.3 is 101 Å². The van der Waals surface area contributed by atoms with Gasteiger partial charge in [0.25, 0.3) is 0 Å². The summed E-state index contributed by atoms with van der Waals surface area (Å²) < 4.78 is 5.95. The minimum absolute atomic E-state index is 0.0458. The lowest BCUT2D eigenvalue weighted by Gasteiger charge is -2.35. The van der Waals surface area contributed by atoms with Crippen molar-refractivity contribution in [1.29, 1.82) is 0 Å². The van der Waals surface area contributed by atoms with Crippen LogP contribution in [0.3, 0.4) is 0 Å². The number of carbonyl (C=O) groups is 12. The molecular formula is C59H97N15O17. The largest absolute Gasteiger partial charge is 0.453 e. The lowest BCUT2D eigenvalue weighted by Crippen LogP contribution is -2.64. The van der Waals surface area contributed by atoms with Gasteiger partial charge >= 0.3 is 5.97 Å². The van der Waals surface area contributed by atoms with Crippen LogP contribution in [0.2, 0.25) is 0 Å². The van der Waals surface area contributed by atoms with E-state index in [4.69, 9.17) is 27.7 Å². The lowest BCUT2D eigenvalue weighted by atomic mass is 9.81. The molecule has 1 aliphatic carbocycles. The Morgan fingerprint density at radius 3 is 1.79 bits per heavy atom. The third-order valence-corrected chi connectivity index (χ3v) is 15.6. The van der Waals surface area contributed by atoms with Gasteiger partial charge in [-0.3, -0.25) is 57.7 Å². The first-order chi connectivity index (χ1) is 42.7. The van der Waals surface area contributed by atoms with Crippen LogP contribution >= 0.6 is 0 Å². The van der Waals surface area contributed by atoms with E-state index in [1.54, 1.807) is 41.5 Å². The smallest absolute Gasteiger partial charge is 0.331 e. The molecule has 0 aromatic heterocycles. The maximum absolute atomic E-state index is 15.4. The number of nitrogens with one attached hydrogen (secondary N) is 10. The van der Waals surface area contributed by atoms with Crippen LogP contribution in [0.4, 0.5) is 0 Å². The van der Waals surface area contributed by atoms with E-state index in [0.29, 0.717) is 25.7 Å². The molecule has 1 aromatic carbocycles. The molecule has 22 N–H and O–H groups in total. The zero-order valence-electron chi connectivity index (χ0n) is 53.2. The summed E-state index contributed by atoms with van der Waals surface area (Å²) in [7, 11) is 0.